The quantitative estimate of drug-likeness (QED) is 0.175. The number of hydrogen-bond donors (Lipinski definition) is 6. The Morgan fingerprint density at radius 1 is 0.940 bits per heavy atom. The number of methoxy groups -OCH3 is 1. The molecular weight excluding hydrogens is 894 g/mol. The number of nitrogens with one attached hydrogen (secondary N) is 1. The molecule has 0 saturated carbocycles. The number of aliphatic hydroxyl groups is 5. The van der Waals surface area contributed by atoms with E-state index in [1.807, 2.05) is 13.8 Å². The number of sulfonamides is 1. The van der Waals surface area contributed by atoms with Crippen LogP contribution in [0.3, 0.4) is 0 Å². The highest BCUT2D eigenvalue weighted by molar-refractivity contribution is 7.89. The predicted molar refractivity (Wildman–Crippen MR) is 246 cm³/mol. The summed E-state index contributed by atoms with van der Waals surface area (Å²) in [7, 11) is -1.41. The van der Waals surface area contributed by atoms with Crippen LogP contribution >= 0.6 is 0 Å². The van der Waals surface area contributed by atoms with Gasteiger partial charge in [-0.1, -0.05) is 27.2 Å². The molecule has 0 bridgehead atoms. The molecule has 4 heterocycles. The summed E-state index contributed by atoms with van der Waals surface area (Å²) in [5, 5.41) is 63.8. The number of aliphatic hydroxyl groups excluding tert-OH is 2. The average Bonchev–Trinajstić information content (AvgIpc) is 3.27. The maximum absolute atomic E-state index is 14.5. The summed E-state index contributed by atoms with van der Waals surface area (Å²) in [4.78, 5) is 16.6. The topological polar surface area (TPSA) is 226 Å². The molecule has 0 aromatic heterocycles. The second kappa shape index (κ2) is 22.2. The van der Waals surface area contributed by atoms with Crippen molar-refractivity contribution in [3.05, 3.63) is 30.1 Å². The van der Waals surface area contributed by atoms with E-state index in [2.05, 4.69) is 10.2 Å². The van der Waals surface area contributed by atoms with Crippen LogP contribution in [0.15, 0.2) is 29.2 Å². The summed E-state index contributed by atoms with van der Waals surface area (Å²) < 4.78 is 81.3. The zero-order valence-electron chi connectivity index (χ0n) is 41.8. The van der Waals surface area contributed by atoms with Crippen LogP contribution < -0.4 is 5.32 Å². The van der Waals surface area contributed by atoms with Gasteiger partial charge in [0.1, 0.15) is 40.9 Å². The molecule has 19 heteroatoms. The lowest BCUT2D eigenvalue weighted by atomic mass is 9.74. The van der Waals surface area contributed by atoms with E-state index in [4.69, 9.17) is 28.4 Å². The summed E-state index contributed by atoms with van der Waals surface area (Å²) in [5.74, 6) is -3.81. The van der Waals surface area contributed by atoms with E-state index >= 15 is 0 Å². The number of likely N-dealkylation sites (tertiary alicyclic amines) is 1. The summed E-state index contributed by atoms with van der Waals surface area (Å²) >= 11 is 0. The van der Waals surface area contributed by atoms with Crippen LogP contribution in [0.5, 0.6) is 0 Å². The predicted octanol–water partition coefficient (Wildman–Crippen LogP) is 3.31. The molecular formula is C48H82FN3O14S. The Hall–Kier alpha value is -1.95. The molecule has 0 radical (unpaired) electrons. The first-order valence-electron chi connectivity index (χ1n) is 24.2. The molecule has 18 atom stereocenters. The molecule has 4 aliphatic heterocycles. The number of β-amino-alcohol motifs (C(OH)–C–C–N with tert-alkyl or cyclic N) is 1. The minimum absolute atomic E-state index is 0.0304. The van der Waals surface area contributed by atoms with E-state index < -0.39 is 123 Å². The van der Waals surface area contributed by atoms with Gasteiger partial charge in [-0.15, -0.1) is 0 Å². The van der Waals surface area contributed by atoms with Crippen LogP contribution in [0.25, 0.3) is 0 Å². The summed E-state index contributed by atoms with van der Waals surface area (Å²) in [6.07, 6.45) is -7.26. The molecule has 1 aromatic rings. The van der Waals surface area contributed by atoms with Crippen molar-refractivity contribution in [3.8, 4) is 0 Å². The van der Waals surface area contributed by atoms with Crippen molar-refractivity contribution < 1.29 is 71.6 Å². The number of benzene rings is 1. The third-order valence-electron chi connectivity index (χ3n) is 15.4. The van der Waals surface area contributed by atoms with E-state index in [-0.39, 0.29) is 43.0 Å². The van der Waals surface area contributed by atoms with Gasteiger partial charge >= 0.3 is 5.97 Å². The summed E-state index contributed by atoms with van der Waals surface area (Å²) in [6.45, 7) is 19.1. The van der Waals surface area contributed by atoms with Crippen molar-refractivity contribution in [3.63, 3.8) is 0 Å². The number of carbonyl (C=O) groups excluding carboxylic acids is 1. The molecule has 4 aliphatic rings. The minimum atomic E-state index is -4.25. The molecule has 5 rings (SSSR count). The van der Waals surface area contributed by atoms with Crippen molar-refractivity contribution in [2.24, 2.45) is 17.8 Å². The van der Waals surface area contributed by atoms with Crippen molar-refractivity contribution in [2.75, 3.05) is 40.3 Å². The third kappa shape index (κ3) is 12.2. The van der Waals surface area contributed by atoms with Gasteiger partial charge in [0.15, 0.2) is 12.6 Å². The number of hydrogen-bond acceptors (Lipinski definition) is 16. The number of piperidine rings is 1. The fourth-order valence-corrected chi connectivity index (χ4v) is 12.4. The van der Waals surface area contributed by atoms with Gasteiger partial charge < -0.3 is 64.2 Å². The van der Waals surface area contributed by atoms with Crippen LogP contribution in [0.2, 0.25) is 0 Å². The SMILES string of the molecule is CC[C@H]1OC(=O)[C@H](C)[C@@H](O[C@H]2C[C@@](C)(OC)[C@](O)(CN3CCCCC3)[C@H](C)O2)[C@H](C)[C@@H](O[C@@H]2O[C@H](C)C[C@H](N(C)S(=O)(=O)c3ccc(F)cc3)[C@H]2O)[C@](C)(O)C[C@@H](C)CN[C@H](C)[C@@H](O)[C@]1(C)O. The fraction of sp³-hybridized carbons (Fsp3) is 0.854. The molecule has 4 fully saturated rings. The van der Waals surface area contributed by atoms with Gasteiger partial charge in [-0.25, -0.2) is 12.8 Å². The molecule has 0 spiro atoms. The van der Waals surface area contributed by atoms with Gasteiger partial charge in [0.05, 0.1) is 46.9 Å². The van der Waals surface area contributed by atoms with E-state index in [0.29, 0.717) is 6.54 Å². The van der Waals surface area contributed by atoms with Crippen molar-refractivity contribution in [2.45, 2.75) is 209 Å². The molecule has 1 aromatic carbocycles. The molecule has 67 heavy (non-hydrogen) atoms. The van der Waals surface area contributed by atoms with Crippen LogP contribution in [0.1, 0.15) is 114 Å². The molecule has 0 amide bonds. The Bertz CT molecular complexity index is 1880. The van der Waals surface area contributed by atoms with E-state index in [1.54, 1.807) is 48.5 Å². The lowest BCUT2D eigenvalue weighted by Crippen LogP contribution is -2.70. The molecule has 0 unspecified atom stereocenters. The normalized spacial score (nSPS) is 43.8. The lowest BCUT2D eigenvalue weighted by molar-refractivity contribution is -0.339. The Labute approximate surface area is 398 Å². The fourth-order valence-electron chi connectivity index (χ4n) is 11.0. The van der Waals surface area contributed by atoms with E-state index in [9.17, 15) is 43.1 Å². The lowest BCUT2D eigenvalue weighted by Gasteiger charge is -2.55. The Morgan fingerprint density at radius 3 is 2.16 bits per heavy atom. The third-order valence-corrected chi connectivity index (χ3v) is 17.3. The number of cyclic esters (lactones) is 1. The van der Waals surface area contributed by atoms with Gasteiger partial charge in [0.25, 0.3) is 0 Å². The zero-order valence-corrected chi connectivity index (χ0v) is 42.6. The van der Waals surface area contributed by atoms with Crippen molar-refractivity contribution >= 4 is 16.0 Å². The second-order valence-corrected chi connectivity index (χ2v) is 22.9. The van der Waals surface area contributed by atoms with Crippen molar-refractivity contribution in [1.29, 1.82) is 0 Å². The summed E-state index contributed by atoms with van der Waals surface area (Å²) in [5.41, 5.74) is -6.33. The van der Waals surface area contributed by atoms with Crippen molar-refractivity contribution in [1.82, 2.24) is 14.5 Å². The molecule has 6 N–H and O–H groups in total. The summed E-state index contributed by atoms with van der Waals surface area (Å²) in [6, 6.07) is 2.61. The second-order valence-electron chi connectivity index (χ2n) is 20.9. The number of esters is 1. The van der Waals surface area contributed by atoms with Crippen LogP contribution in [-0.2, 0) is 43.2 Å². The molecule has 4 saturated heterocycles. The number of carbonyl (C=O) groups is 1. The number of nitrogens with zero attached hydrogens (tertiary/aromatic N) is 2. The van der Waals surface area contributed by atoms with E-state index in [0.717, 1.165) is 60.9 Å². The Morgan fingerprint density at radius 2 is 1.57 bits per heavy atom. The largest absolute Gasteiger partial charge is 0.459 e. The monoisotopic (exact) mass is 976 g/mol. The first kappa shape index (κ1) is 56.0. The standard InChI is InChI=1S/C48H82FN3O14S/c1-13-37-47(10,57)41(54)32(6)50-26-28(2)24-45(8,56)42(66-44-39(53)36(23-29(3)62-44)51(11)67(59,60)35-19-17-34(49)18-20-35)30(4)40(31(5)43(55)64-37)65-38-25-46(9,61-12)48(58,33(7)63-38)27-52-21-15-14-16-22-52/h17-20,28-33,36-42,44,50,53-54,56-58H,13-16,21-27H2,1-12H3/t28-,29-,30+,31-,32-,33+,36+,37-,38+,39-,40+,41-,42-,44+,45-,46-,47-,48+/m1/s1. The maximum atomic E-state index is 14.5. The first-order valence-corrected chi connectivity index (χ1v) is 25.7. The number of ether oxygens (including phenoxy) is 6. The average molecular weight is 976 g/mol. The Kier molecular flexibility index (Phi) is 18.6. The first-order chi connectivity index (χ1) is 31.1. The minimum Gasteiger partial charge on any atom is -0.459 e. The number of halogens is 1. The highest BCUT2D eigenvalue weighted by Crippen LogP contribution is 2.44. The van der Waals surface area contributed by atoms with Crippen LogP contribution in [0.4, 0.5) is 4.39 Å². The highest BCUT2D eigenvalue weighted by Gasteiger charge is 2.59. The molecule has 17 nitrogen and oxygen atoms in total. The van der Waals surface area contributed by atoms with Gasteiger partial charge in [-0.05, 0) is 130 Å². The molecule has 0 aliphatic carbocycles. The van der Waals surface area contributed by atoms with E-state index in [1.165, 1.54) is 21.1 Å². The highest BCUT2D eigenvalue weighted by atomic mass is 32.2. The van der Waals surface area contributed by atoms with Gasteiger partial charge in [0, 0.05) is 39.1 Å². The Balaban J connectivity index is 1.56. The number of rotatable bonds is 11. The maximum Gasteiger partial charge on any atom is 0.311 e. The van der Waals surface area contributed by atoms with Gasteiger partial charge in [-0.2, -0.15) is 4.31 Å². The van der Waals surface area contributed by atoms with Gasteiger partial charge in [0.2, 0.25) is 10.0 Å². The zero-order chi connectivity index (χ0) is 50.0. The van der Waals surface area contributed by atoms with Crippen LogP contribution in [-0.4, -0.2) is 179 Å². The molecule has 386 valence electrons. The van der Waals surface area contributed by atoms with Crippen LogP contribution in [0, 0.1) is 23.6 Å². The smallest absolute Gasteiger partial charge is 0.311 e. The number of likely N-dealkylation sites (N-methyl/N-ethyl adjacent to an activating group) is 1. The van der Waals surface area contributed by atoms with Gasteiger partial charge in [-0.3, -0.25) is 4.79 Å².